The standard InChI is InChI=1S/C21H34ClN5O.HI/c1-5-23-21(25-17-10-13-27(14-11-17)15(2)3)24-12-9-20(28)26-19-8-6-7-18(22)16(19)4;/h6-8,15,17H,5,9-14H2,1-4H3,(H,26,28)(H2,23,24,25);1H. The number of halogens is 2. The molecule has 1 heterocycles. The summed E-state index contributed by atoms with van der Waals surface area (Å²) in [6.07, 6.45) is 2.54. The van der Waals surface area contributed by atoms with Crippen LogP contribution in [0.2, 0.25) is 5.02 Å². The van der Waals surface area contributed by atoms with Crippen LogP contribution in [0.3, 0.4) is 0 Å². The number of nitrogens with zero attached hydrogens (tertiary/aromatic N) is 2. The lowest BCUT2D eigenvalue weighted by atomic mass is 10.0. The molecular formula is C21H35ClIN5O. The van der Waals surface area contributed by atoms with Crippen molar-refractivity contribution in [1.29, 1.82) is 0 Å². The van der Waals surface area contributed by atoms with E-state index in [1.807, 2.05) is 32.0 Å². The molecule has 1 aromatic carbocycles. The van der Waals surface area contributed by atoms with Gasteiger partial charge < -0.3 is 20.9 Å². The molecule has 8 heteroatoms. The monoisotopic (exact) mass is 535 g/mol. The summed E-state index contributed by atoms with van der Waals surface area (Å²) in [6.45, 7) is 11.9. The summed E-state index contributed by atoms with van der Waals surface area (Å²) in [5, 5.41) is 10.4. The minimum atomic E-state index is -0.0600. The van der Waals surface area contributed by atoms with Gasteiger partial charge in [-0.3, -0.25) is 9.79 Å². The van der Waals surface area contributed by atoms with Crippen molar-refractivity contribution in [2.45, 2.75) is 59.0 Å². The number of benzene rings is 1. The molecule has 1 aliphatic heterocycles. The Balaban J connectivity index is 0.00000420. The van der Waals surface area contributed by atoms with E-state index in [2.05, 4.69) is 39.7 Å². The van der Waals surface area contributed by atoms with E-state index in [0.717, 1.165) is 49.7 Å². The average Bonchev–Trinajstić information content (AvgIpc) is 2.66. The van der Waals surface area contributed by atoms with Crippen LogP contribution in [0.25, 0.3) is 0 Å². The molecule has 0 bridgehead atoms. The molecule has 0 spiro atoms. The molecule has 0 saturated carbocycles. The Morgan fingerprint density at radius 1 is 1.31 bits per heavy atom. The van der Waals surface area contributed by atoms with Crippen molar-refractivity contribution in [3.8, 4) is 0 Å². The number of anilines is 1. The van der Waals surface area contributed by atoms with Crippen molar-refractivity contribution < 1.29 is 4.79 Å². The molecule has 1 saturated heterocycles. The van der Waals surface area contributed by atoms with Crippen molar-refractivity contribution in [2.24, 2.45) is 4.99 Å². The smallest absolute Gasteiger partial charge is 0.226 e. The third-order valence-electron chi connectivity index (χ3n) is 5.10. The fourth-order valence-corrected chi connectivity index (χ4v) is 3.47. The summed E-state index contributed by atoms with van der Waals surface area (Å²) in [5.41, 5.74) is 1.63. The van der Waals surface area contributed by atoms with E-state index in [-0.39, 0.29) is 29.9 Å². The highest BCUT2D eigenvalue weighted by atomic mass is 127. The van der Waals surface area contributed by atoms with Crippen LogP contribution in [0.1, 0.15) is 45.6 Å². The first-order chi connectivity index (χ1) is 13.4. The summed E-state index contributed by atoms with van der Waals surface area (Å²) in [4.78, 5) is 19.3. The Bertz CT molecular complexity index is 675. The van der Waals surface area contributed by atoms with E-state index < -0.39 is 0 Å². The summed E-state index contributed by atoms with van der Waals surface area (Å²) in [5.74, 6) is 0.729. The Labute approximate surface area is 197 Å². The highest BCUT2D eigenvalue weighted by molar-refractivity contribution is 14.0. The zero-order valence-corrected chi connectivity index (χ0v) is 21.0. The highest BCUT2D eigenvalue weighted by Crippen LogP contribution is 2.22. The molecule has 0 radical (unpaired) electrons. The van der Waals surface area contributed by atoms with Gasteiger partial charge in [-0.2, -0.15) is 0 Å². The summed E-state index contributed by atoms with van der Waals surface area (Å²) in [6, 6.07) is 6.54. The number of rotatable bonds is 7. The van der Waals surface area contributed by atoms with Crippen LogP contribution < -0.4 is 16.0 Å². The van der Waals surface area contributed by atoms with E-state index in [0.29, 0.717) is 30.1 Å². The van der Waals surface area contributed by atoms with Crippen LogP contribution in [0.15, 0.2) is 23.2 Å². The highest BCUT2D eigenvalue weighted by Gasteiger charge is 2.21. The average molecular weight is 536 g/mol. The SMILES string of the molecule is CCNC(=NCCC(=O)Nc1cccc(Cl)c1C)NC1CCN(C(C)C)CC1.I. The fraction of sp³-hybridized carbons (Fsp3) is 0.619. The first-order valence-corrected chi connectivity index (χ1v) is 10.6. The summed E-state index contributed by atoms with van der Waals surface area (Å²) < 4.78 is 0. The number of hydrogen-bond acceptors (Lipinski definition) is 3. The molecule has 1 aliphatic rings. The van der Waals surface area contributed by atoms with Gasteiger partial charge in [0.2, 0.25) is 5.91 Å². The van der Waals surface area contributed by atoms with Crippen molar-refractivity contribution >= 4 is 53.1 Å². The minimum absolute atomic E-state index is 0. The number of carbonyl (C=O) groups excluding carboxylic acids is 1. The first kappa shape index (κ1) is 26.0. The van der Waals surface area contributed by atoms with Gasteiger partial charge in [-0.15, -0.1) is 24.0 Å². The van der Waals surface area contributed by atoms with Crippen molar-refractivity contribution in [1.82, 2.24) is 15.5 Å². The predicted octanol–water partition coefficient (Wildman–Crippen LogP) is 4.02. The van der Waals surface area contributed by atoms with Gasteiger partial charge in [0.05, 0.1) is 6.54 Å². The van der Waals surface area contributed by atoms with Gasteiger partial charge in [0, 0.05) is 48.8 Å². The minimum Gasteiger partial charge on any atom is -0.357 e. The maximum Gasteiger partial charge on any atom is 0.226 e. The largest absolute Gasteiger partial charge is 0.357 e. The molecule has 1 amide bonds. The van der Waals surface area contributed by atoms with Gasteiger partial charge >= 0.3 is 0 Å². The number of nitrogens with one attached hydrogen (secondary N) is 3. The molecule has 29 heavy (non-hydrogen) atoms. The number of likely N-dealkylation sites (tertiary alicyclic amines) is 1. The van der Waals surface area contributed by atoms with Crippen molar-refractivity contribution in [2.75, 3.05) is 31.5 Å². The second-order valence-electron chi connectivity index (χ2n) is 7.52. The van der Waals surface area contributed by atoms with Gasteiger partial charge in [-0.1, -0.05) is 17.7 Å². The topological polar surface area (TPSA) is 68.8 Å². The first-order valence-electron chi connectivity index (χ1n) is 10.2. The van der Waals surface area contributed by atoms with Crippen molar-refractivity contribution in [3.05, 3.63) is 28.8 Å². The number of hydrogen-bond donors (Lipinski definition) is 3. The lowest BCUT2D eigenvalue weighted by molar-refractivity contribution is -0.116. The Morgan fingerprint density at radius 3 is 2.62 bits per heavy atom. The van der Waals surface area contributed by atoms with Crippen LogP contribution in [-0.4, -0.2) is 55.0 Å². The zero-order chi connectivity index (χ0) is 20.5. The summed E-state index contributed by atoms with van der Waals surface area (Å²) >= 11 is 6.10. The molecule has 0 unspecified atom stereocenters. The third kappa shape index (κ3) is 8.68. The van der Waals surface area contributed by atoms with Crippen LogP contribution >= 0.6 is 35.6 Å². The quantitative estimate of drug-likeness (QED) is 0.280. The Hall–Kier alpha value is -1.06. The molecule has 0 aliphatic carbocycles. The van der Waals surface area contributed by atoms with Crippen LogP contribution in [0.4, 0.5) is 5.69 Å². The number of guanidine groups is 1. The molecule has 1 fully saturated rings. The van der Waals surface area contributed by atoms with Crippen LogP contribution in [0, 0.1) is 6.92 Å². The van der Waals surface area contributed by atoms with Gasteiger partial charge in [0.1, 0.15) is 0 Å². The second kappa shape index (κ2) is 13.3. The molecule has 6 nitrogen and oxygen atoms in total. The third-order valence-corrected chi connectivity index (χ3v) is 5.50. The molecule has 3 N–H and O–H groups in total. The molecular weight excluding hydrogens is 501 g/mol. The van der Waals surface area contributed by atoms with Gasteiger partial charge in [0.25, 0.3) is 0 Å². The normalized spacial score (nSPS) is 15.7. The Kier molecular flexibility index (Phi) is 11.9. The van der Waals surface area contributed by atoms with Crippen LogP contribution in [-0.2, 0) is 4.79 Å². The van der Waals surface area contributed by atoms with Gasteiger partial charge in [0.15, 0.2) is 5.96 Å². The van der Waals surface area contributed by atoms with E-state index in [1.54, 1.807) is 0 Å². The van der Waals surface area contributed by atoms with Gasteiger partial charge in [-0.25, -0.2) is 0 Å². The molecule has 164 valence electrons. The van der Waals surface area contributed by atoms with E-state index in [1.165, 1.54) is 0 Å². The zero-order valence-electron chi connectivity index (χ0n) is 17.9. The molecule has 2 rings (SSSR count). The Morgan fingerprint density at radius 2 is 2.00 bits per heavy atom. The van der Waals surface area contributed by atoms with E-state index >= 15 is 0 Å². The molecule has 1 aromatic rings. The lowest BCUT2D eigenvalue weighted by Gasteiger charge is -2.35. The summed E-state index contributed by atoms with van der Waals surface area (Å²) in [7, 11) is 0. The number of aliphatic imine (C=N–C) groups is 1. The second-order valence-corrected chi connectivity index (χ2v) is 7.93. The van der Waals surface area contributed by atoms with E-state index in [9.17, 15) is 4.79 Å². The number of piperidine rings is 1. The maximum atomic E-state index is 12.2. The van der Waals surface area contributed by atoms with Crippen molar-refractivity contribution in [3.63, 3.8) is 0 Å². The van der Waals surface area contributed by atoms with Crippen LogP contribution in [0.5, 0.6) is 0 Å². The molecule has 0 atom stereocenters. The van der Waals surface area contributed by atoms with Gasteiger partial charge in [-0.05, 0) is 58.2 Å². The fourth-order valence-electron chi connectivity index (χ4n) is 3.30. The lowest BCUT2D eigenvalue weighted by Crippen LogP contribution is -2.49. The number of carbonyl (C=O) groups is 1. The maximum absolute atomic E-state index is 12.2. The predicted molar refractivity (Wildman–Crippen MR) is 134 cm³/mol. The number of amides is 1. The molecule has 0 aromatic heterocycles. The van der Waals surface area contributed by atoms with E-state index in [4.69, 9.17) is 11.6 Å².